The molecule has 0 bridgehead atoms. The van der Waals surface area contributed by atoms with Gasteiger partial charge in [-0.15, -0.1) is 11.3 Å². The number of hydrogen-bond acceptors (Lipinski definition) is 5. The van der Waals surface area contributed by atoms with Crippen molar-refractivity contribution in [2.45, 2.75) is 26.4 Å². The molecule has 0 aliphatic carbocycles. The second-order valence-electron chi connectivity index (χ2n) is 5.96. The summed E-state index contributed by atoms with van der Waals surface area (Å²) in [7, 11) is 0. The molecule has 1 aromatic rings. The van der Waals surface area contributed by atoms with Crippen LogP contribution < -0.4 is 5.73 Å². The predicted molar refractivity (Wildman–Crippen MR) is 82.4 cm³/mol. The fourth-order valence-electron chi connectivity index (χ4n) is 2.06. The number of carbonyl (C=O) groups excluding carboxylic acids is 2. The van der Waals surface area contributed by atoms with Crippen LogP contribution in [0.3, 0.4) is 0 Å². The van der Waals surface area contributed by atoms with E-state index in [2.05, 4.69) is 0 Å². The number of nitrogen functional groups attached to an aromatic ring is 1. The van der Waals surface area contributed by atoms with E-state index in [1.54, 1.807) is 21.2 Å². The topological polar surface area (TPSA) is 75.9 Å². The molecular formula is C14H21N3O3S. The van der Waals surface area contributed by atoms with Gasteiger partial charge in [0.2, 0.25) is 0 Å². The summed E-state index contributed by atoms with van der Waals surface area (Å²) >= 11 is 1.34. The molecule has 6 nitrogen and oxygen atoms in total. The van der Waals surface area contributed by atoms with E-state index in [1.807, 2.05) is 20.8 Å². The van der Waals surface area contributed by atoms with Crippen molar-refractivity contribution < 1.29 is 14.3 Å². The average molecular weight is 311 g/mol. The number of ether oxygens (including phenoxy) is 1. The number of piperazine rings is 1. The maximum absolute atomic E-state index is 12.3. The minimum atomic E-state index is -0.505. The van der Waals surface area contributed by atoms with Gasteiger partial charge in [-0.2, -0.15) is 0 Å². The maximum Gasteiger partial charge on any atom is 0.410 e. The van der Waals surface area contributed by atoms with Gasteiger partial charge >= 0.3 is 6.09 Å². The zero-order valence-corrected chi connectivity index (χ0v) is 13.4. The highest BCUT2D eigenvalue weighted by atomic mass is 32.1. The van der Waals surface area contributed by atoms with Gasteiger partial charge in [0, 0.05) is 26.2 Å². The van der Waals surface area contributed by atoms with Crippen molar-refractivity contribution >= 4 is 29.0 Å². The third-order valence-corrected chi connectivity index (χ3v) is 4.03. The molecule has 2 N–H and O–H groups in total. The number of nitrogens with zero attached hydrogens (tertiary/aromatic N) is 2. The molecule has 1 aromatic heterocycles. The molecule has 21 heavy (non-hydrogen) atoms. The van der Waals surface area contributed by atoms with Crippen molar-refractivity contribution in [3.05, 3.63) is 16.3 Å². The molecule has 1 aliphatic heterocycles. The minimum Gasteiger partial charge on any atom is -0.444 e. The Morgan fingerprint density at radius 2 is 1.76 bits per heavy atom. The molecule has 0 atom stereocenters. The lowest BCUT2D eigenvalue weighted by Crippen LogP contribution is -2.51. The molecule has 1 aliphatic rings. The Morgan fingerprint density at radius 1 is 1.19 bits per heavy atom. The van der Waals surface area contributed by atoms with E-state index >= 15 is 0 Å². The second-order valence-corrected chi connectivity index (χ2v) is 6.88. The lowest BCUT2D eigenvalue weighted by molar-refractivity contribution is 0.0141. The maximum atomic E-state index is 12.3. The first kappa shape index (κ1) is 15.6. The Labute approximate surface area is 128 Å². The van der Waals surface area contributed by atoms with Crippen LogP contribution in [0.15, 0.2) is 11.4 Å². The number of anilines is 1. The van der Waals surface area contributed by atoms with Gasteiger partial charge in [0.05, 0.1) is 5.69 Å². The molecule has 116 valence electrons. The van der Waals surface area contributed by atoms with Gasteiger partial charge in [-0.3, -0.25) is 4.79 Å². The summed E-state index contributed by atoms with van der Waals surface area (Å²) in [5.41, 5.74) is 5.78. The van der Waals surface area contributed by atoms with Crippen molar-refractivity contribution in [3.8, 4) is 0 Å². The highest BCUT2D eigenvalue weighted by molar-refractivity contribution is 7.12. The van der Waals surface area contributed by atoms with Gasteiger partial charge in [-0.1, -0.05) is 0 Å². The normalized spacial score (nSPS) is 16.0. The Morgan fingerprint density at radius 3 is 2.24 bits per heavy atom. The van der Waals surface area contributed by atoms with Gasteiger partial charge in [0.25, 0.3) is 5.91 Å². The van der Waals surface area contributed by atoms with Gasteiger partial charge in [-0.05, 0) is 32.2 Å². The van der Waals surface area contributed by atoms with Crippen LogP contribution in [0.25, 0.3) is 0 Å². The Balaban J connectivity index is 1.90. The van der Waals surface area contributed by atoms with E-state index in [4.69, 9.17) is 10.5 Å². The van der Waals surface area contributed by atoms with E-state index in [9.17, 15) is 9.59 Å². The molecule has 7 heteroatoms. The summed E-state index contributed by atoms with van der Waals surface area (Å²) in [6.45, 7) is 7.46. The molecule has 0 spiro atoms. The van der Waals surface area contributed by atoms with E-state index in [1.165, 1.54) is 11.3 Å². The lowest BCUT2D eigenvalue weighted by atomic mass is 10.2. The molecule has 2 heterocycles. The fraction of sp³-hybridized carbons (Fsp3) is 0.571. The van der Waals surface area contributed by atoms with Crippen LogP contribution in [0, 0.1) is 0 Å². The third kappa shape index (κ3) is 3.87. The number of carbonyl (C=O) groups is 2. The molecule has 2 rings (SSSR count). The molecular weight excluding hydrogens is 290 g/mol. The molecule has 0 radical (unpaired) electrons. The van der Waals surface area contributed by atoms with Gasteiger partial charge in [-0.25, -0.2) is 4.79 Å². The molecule has 1 saturated heterocycles. The number of hydrogen-bond donors (Lipinski definition) is 1. The third-order valence-electron chi connectivity index (χ3n) is 3.11. The Kier molecular flexibility index (Phi) is 4.41. The van der Waals surface area contributed by atoms with E-state index in [0.717, 1.165) is 0 Å². The lowest BCUT2D eigenvalue weighted by Gasteiger charge is -2.35. The monoisotopic (exact) mass is 311 g/mol. The number of rotatable bonds is 1. The summed E-state index contributed by atoms with van der Waals surface area (Å²) in [6.07, 6.45) is -0.328. The van der Waals surface area contributed by atoms with Crippen molar-refractivity contribution in [3.63, 3.8) is 0 Å². The smallest absolute Gasteiger partial charge is 0.410 e. The number of amides is 2. The Hall–Kier alpha value is -1.76. The van der Waals surface area contributed by atoms with Crippen molar-refractivity contribution in [1.82, 2.24) is 9.80 Å². The predicted octanol–water partition coefficient (Wildman–Crippen LogP) is 2.02. The first-order chi connectivity index (χ1) is 9.78. The highest BCUT2D eigenvalue weighted by Crippen LogP contribution is 2.21. The zero-order valence-electron chi connectivity index (χ0n) is 12.6. The van der Waals surface area contributed by atoms with Crippen molar-refractivity contribution in [1.29, 1.82) is 0 Å². The van der Waals surface area contributed by atoms with Crippen LogP contribution >= 0.6 is 11.3 Å². The van der Waals surface area contributed by atoms with Crippen LogP contribution in [0.2, 0.25) is 0 Å². The average Bonchev–Trinajstić information content (AvgIpc) is 2.82. The number of nitrogens with two attached hydrogens (primary N) is 1. The van der Waals surface area contributed by atoms with Crippen LogP contribution in [-0.4, -0.2) is 53.6 Å². The minimum absolute atomic E-state index is 0.0636. The van der Waals surface area contributed by atoms with Gasteiger partial charge in [0.1, 0.15) is 10.5 Å². The van der Waals surface area contributed by atoms with Crippen LogP contribution in [0.1, 0.15) is 30.4 Å². The van der Waals surface area contributed by atoms with Gasteiger partial charge in [0.15, 0.2) is 0 Å². The summed E-state index contributed by atoms with van der Waals surface area (Å²) in [4.78, 5) is 28.2. The summed E-state index contributed by atoms with van der Waals surface area (Å²) < 4.78 is 5.33. The van der Waals surface area contributed by atoms with E-state index in [0.29, 0.717) is 36.7 Å². The summed E-state index contributed by atoms with van der Waals surface area (Å²) in [5.74, 6) is -0.0636. The summed E-state index contributed by atoms with van der Waals surface area (Å²) in [6, 6.07) is 1.73. The molecule has 0 aromatic carbocycles. The van der Waals surface area contributed by atoms with Crippen molar-refractivity contribution in [2.24, 2.45) is 0 Å². The first-order valence-electron chi connectivity index (χ1n) is 6.88. The standard InChI is InChI=1S/C14H21N3O3S/c1-14(2,3)20-13(19)17-7-5-16(6-8-17)12(18)11-10(15)4-9-21-11/h4,9H,5-8,15H2,1-3H3. The first-order valence-corrected chi connectivity index (χ1v) is 7.76. The highest BCUT2D eigenvalue weighted by Gasteiger charge is 2.28. The van der Waals surface area contributed by atoms with E-state index < -0.39 is 5.60 Å². The second kappa shape index (κ2) is 5.93. The largest absolute Gasteiger partial charge is 0.444 e. The molecule has 2 amide bonds. The quantitative estimate of drug-likeness (QED) is 0.861. The molecule has 1 fully saturated rings. The van der Waals surface area contributed by atoms with Crippen LogP contribution in [-0.2, 0) is 4.74 Å². The van der Waals surface area contributed by atoms with Crippen molar-refractivity contribution in [2.75, 3.05) is 31.9 Å². The fourth-order valence-corrected chi connectivity index (χ4v) is 2.84. The summed E-state index contributed by atoms with van der Waals surface area (Å²) in [5, 5.41) is 1.81. The van der Waals surface area contributed by atoms with E-state index in [-0.39, 0.29) is 12.0 Å². The molecule has 0 unspecified atom stereocenters. The SMILES string of the molecule is CC(C)(C)OC(=O)N1CCN(C(=O)c2sccc2N)CC1. The zero-order chi connectivity index (χ0) is 15.6. The number of thiophene rings is 1. The van der Waals surface area contributed by atoms with Gasteiger partial charge < -0.3 is 20.3 Å². The van der Waals surface area contributed by atoms with Crippen LogP contribution in [0.5, 0.6) is 0 Å². The molecule has 0 saturated carbocycles. The van der Waals surface area contributed by atoms with Crippen LogP contribution in [0.4, 0.5) is 10.5 Å². The Bertz CT molecular complexity index is 528.